The molecule has 2 aromatic carbocycles. The highest BCUT2D eigenvalue weighted by molar-refractivity contribution is 6.34. The minimum atomic E-state index is -0.322. The van der Waals surface area contributed by atoms with Crippen molar-refractivity contribution in [2.45, 2.75) is 57.9 Å². The van der Waals surface area contributed by atoms with Gasteiger partial charge in [-0.1, -0.05) is 49.4 Å². The molecule has 0 atom stereocenters. The van der Waals surface area contributed by atoms with E-state index < -0.39 is 0 Å². The Morgan fingerprint density at radius 1 is 0.882 bits per heavy atom. The second-order valence-electron chi connectivity index (χ2n) is 8.40. The van der Waals surface area contributed by atoms with E-state index in [0.29, 0.717) is 39.1 Å². The Bertz CT molecular complexity index is 1040. The highest BCUT2D eigenvalue weighted by Crippen LogP contribution is 2.26. The van der Waals surface area contributed by atoms with Crippen LogP contribution in [0.25, 0.3) is 0 Å². The molecule has 182 valence electrons. The third kappa shape index (κ3) is 7.64. The van der Waals surface area contributed by atoms with Gasteiger partial charge in [-0.15, -0.1) is 0 Å². The topological polar surface area (TPSA) is 99.3 Å². The minimum absolute atomic E-state index is 0.0572. The van der Waals surface area contributed by atoms with E-state index in [9.17, 15) is 14.4 Å². The number of halogens is 2. The average Bonchev–Trinajstić information content (AvgIpc) is 2.81. The summed E-state index contributed by atoms with van der Waals surface area (Å²) in [5.41, 5.74) is 1.92. The summed E-state index contributed by atoms with van der Waals surface area (Å²) < 4.78 is 0. The molecule has 0 aliphatic heterocycles. The normalized spacial score (nSPS) is 13.7. The van der Waals surface area contributed by atoms with Gasteiger partial charge in [0, 0.05) is 23.8 Å². The zero-order valence-electron chi connectivity index (χ0n) is 19.2. The largest absolute Gasteiger partial charge is 0.375 e. The maximum Gasteiger partial charge on any atom is 0.253 e. The molecule has 0 aromatic heterocycles. The van der Waals surface area contributed by atoms with Crippen LogP contribution in [0.4, 0.5) is 17.1 Å². The van der Waals surface area contributed by atoms with Crippen LogP contribution < -0.4 is 21.3 Å². The summed E-state index contributed by atoms with van der Waals surface area (Å²) in [5.74, 6) is -0.642. The molecule has 4 N–H and O–H groups in total. The smallest absolute Gasteiger partial charge is 0.253 e. The van der Waals surface area contributed by atoms with Gasteiger partial charge in [0.1, 0.15) is 0 Å². The lowest BCUT2D eigenvalue weighted by Crippen LogP contribution is -2.36. The van der Waals surface area contributed by atoms with Crippen molar-refractivity contribution in [3.05, 3.63) is 52.0 Å². The molecule has 0 heterocycles. The molecule has 3 rings (SSSR count). The Hall–Kier alpha value is -2.77. The maximum atomic E-state index is 12.7. The number of anilines is 3. The molecule has 0 unspecified atom stereocenters. The zero-order valence-corrected chi connectivity index (χ0v) is 20.7. The molecule has 1 fully saturated rings. The van der Waals surface area contributed by atoms with Gasteiger partial charge >= 0.3 is 0 Å². The third-order valence-electron chi connectivity index (χ3n) is 5.60. The van der Waals surface area contributed by atoms with E-state index in [2.05, 4.69) is 21.3 Å². The summed E-state index contributed by atoms with van der Waals surface area (Å²) in [6.45, 7) is 1.87. The minimum Gasteiger partial charge on any atom is -0.375 e. The molecule has 34 heavy (non-hydrogen) atoms. The van der Waals surface area contributed by atoms with Crippen LogP contribution in [0.2, 0.25) is 10.0 Å². The van der Waals surface area contributed by atoms with Crippen molar-refractivity contribution in [1.82, 2.24) is 5.32 Å². The fourth-order valence-corrected chi connectivity index (χ4v) is 4.24. The number of carbonyl (C=O) groups is 3. The van der Waals surface area contributed by atoms with Gasteiger partial charge in [-0.2, -0.15) is 0 Å². The Morgan fingerprint density at radius 3 is 2.24 bits per heavy atom. The van der Waals surface area contributed by atoms with E-state index >= 15 is 0 Å². The van der Waals surface area contributed by atoms with Gasteiger partial charge in [-0.25, -0.2) is 0 Å². The van der Waals surface area contributed by atoms with Crippen LogP contribution >= 0.6 is 23.2 Å². The van der Waals surface area contributed by atoms with Gasteiger partial charge in [0.05, 0.1) is 27.8 Å². The van der Waals surface area contributed by atoms with Crippen LogP contribution in [0, 0.1) is 0 Å². The molecule has 1 aliphatic carbocycles. The van der Waals surface area contributed by atoms with Gasteiger partial charge in [-0.3, -0.25) is 14.4 Å². The monoisotopic (exact) mass is 504 g/mol. The molecule has 0 saturated heterocycles. The van der Waals surface area contributed by atoms with Crippen molar-refractivity contribution in [3.8, 4) is 0 Å². The summed E-state index contributed by atoms with van der Waals surface area (Å²) in [7, 11) is 0. The van der Waals surface area contributed by atoms with E-state index in [-0.39, 0.29) is 30.3 Å². The summed E-state index contributed by atoms with van der Waals surface area (Å²) in [6, 6.07) is 10.0. The summed E-state index contributed by atoms with van der Waals surface area (Å²) in [6.07, 6.45) is 6.54. The fraction of sp³-hybridized carbons (Fsp3) is 0.400. The number of amides is 3. The second kappa shape index (κ2) is 12.6. The van der Waals surface area contributed by atoms with Gasteiger partial charge in [-0.05, 0) is 55.7 Å². The van der Waals surface area contributed by atoms with E-state index in [1.165, 1.54) is 6.42 Å². The van der Waals surface area contributed by atoms with Gasteiger partial charge in [0.2, 0.25) is 11.8 Å². The van der Waals surface area contributed by atoms with Gasteiger partial charge in [0.25, 0.3) is 5.91 Å². The lowest BCUT2D eigenvalue weighted by atomic mass is 9.95. The summed E-state index contributed by atoms with van der Waals surface area (Å²) >= 11 is 12.5. The first-order valence-corrected chi connectivity index (χ1v) is 12.3. The van der Waals surface area contributed by atoms with Gasteiger partial charge in [0.15, 0.2) is 0 Å². The van der Waals surface area contributed by atoms with Gasteiger partial charge < -0.3 is 21.3 Å². The molecule has 9 heteroatoms. The predicted molar refractivity (Wildman–Crippen MR) is 138 cm³/mol. The Kier molecular flexibility index (Phi) is 9.60. The Morgan fingerprint density at radius 2 is 1.53 bits per heavy atom. The van der Waals surface area contributed by atoms with Crippen molar-refractivity contribution in [1.29, 1.82) is 0 Å². The predicted octanol–water partition coefficient (Wildman–Crippen LogP) is 5.85. The number of hydrogen-bond donors (Lipinski definition) is 4. The molecule has 7 nitrogen and oxygen atoms in total. The van der Waals surface area contributed by atoms with E-state index in [1.807, 2.05) is 6.92 Å². The molecule has 1 saturated carbocycles. The number of rotatable bonds is 9. The number of benzene rings is 2. The van der Waals surface area contributed by atoms with Crippen LogP contribution in [0.5, 0.6) is 0 Å². The van der Waals surface area contributed by atoms with E-state index in [4.69, 9.17) is 23.2 Å². The van der Waals surface area contributed by atoms with E-state index in [0.717, 1.165) is 32.1 Å². The SMILES string of the molecule is CCCC(=O)Nc1ccc(Cl)c(NCC(=O)Nc2ccc(Cl)c(C(=O)NC3CCCCC3)c2)c1. The van der Waals surface area contributed by atoms with Crippen LogP contribution in [0.3, 0.4) is 0 Å². The van der Waals surface area contributed by atoms with Crippen LogP contribution in [0.15, 0.2) is 36.4 Å². The van der Waals surface area contributed by atoms with E-state index in [1.54, 1.807) is 36.4 Å². The van der Waals surface area contributed by atoms with Crippen LogP contribution in [-0.4, -0.2) is 30.3 Å². The lowest BCUT2D eigenvalue weighted by Gasteiger charge is -2.23. The number of hydrogen-bond acceptors (Lipinski definition) is 4. The van der Waals surface area contributed by atoms with Crippen LogP contribution in [-0.2, 0) is 9.59 Å². The number of carbonyl (C=O) groups excluding carboxylic acids is 3. The Labute approximate surface area is 210 Å². The zero-order chi connectivity index (χ0) is 24.5. The Balaban J connectivity index is 1.58. The summed E-state index contributed by atoms with van der Waals surface area (Å²) in [4.78, 5) is 37.0. The lowest BCUT2D eigenvalue weighted by molar-refractivity contribution is -0.116. The first kappa shape index (κ1) is 25.8. The van der Waals surface area contributed by atoms with Crippen molar-refractivity contribution in [3.63, 3.8) is 0 Å². The molecule has 3 amide bonds. The van der Waals surface area contributed by atoms with Crippen molar-refractivity contribution < 1.29 is 14.4 Å². The molecule has 2 aromatic rings. The quantitative estimate of drug-likeness (QED) is 0.344. The molecule has 0 spiro atoms. The highest BCUT2D eigenvalue weighted by Gasteiger charge is 2.19. The molecule has 1 aliphatic rings. The molecule has 0 radical (unpaired) electrons. The second-order valence-corrected chi connectivity index (χ2v) is 9.21. The van der Waals surface area contributed by atoms with Crippen molar-refractivity contribution in [2.75, 3.05) is 22.5 Å². The molecular weight excluding hydrogens is 475 g/mol. The molecular formula is C25H30Cl2N4O3. The fourth-order valence-electron chi connectivity index (χ4n) is 3.86. The standard InChI is InChI=1S/C25H30Cl2N4O3/c1-2-6-23(32)29-18-10-12-21(27)22(14-18)28-15-24(33)30-17-9-11-20(26)19(13-17)25(34)31-16-7-4-3-5-8-16/h9-14,16,28H,2-8,15H2,1H3,(H,29,32)(H,30,33)(H,31,34). The number of nitrogens with one attached hydrogen (secondary N) is 4. The highest BCUT2D eigenvalue weighted by atomic mass is 35.5. The third-order valence-corrected chi connectivity index (χ3v) is 6.26. The summed E-state index contributed by atoms with van der Waals surface area (Å²) in [5, 5.41) is 12.3. The first-order valence-electron chi connectivity index (χ1n) is 11.6. The van der Waals surface area contributed by atoms with Crippen molar-refractivity contribution in [2.24, 2.45) is 0 Å². The average molecular weight is 505 g/mol. The maximum absolute atomic E-state index is 12.7. The van der Waals surface area contributed by atoms with Crippen molar-refractivity contribution >= 4 is 58.0 Å². The first-order chi connectivity index (χ1) is 16.4. The van der Waals surface area contributed by atoms with Crippen LogP contribution in [0.1, 0.15) is 62.2 Å². The molecule has 0 bridgehead atoms.